The van der Waals surface area contributed by atoms with Crippen LogP contribution in [0.3, 0.4) is 0 Å². The Morgan fingerprint density at radius 2 is 1.71 bits per heavy atom. The molecule has 0 atom stereocenters. The number of aromatic amines is 1. The van der Waals surface area contributed by atoms with Crippen molar-refractivity contribution in [3.8, 4) is 33.9 Å². The van der Waals surface area contributed by atoms with Crippen molar-refractivity contribution in [2.45, 2.75) is 58.9 Å². The van der Waals surface area contributed by atoms with Crippen LogP contribution in [0, 0.1) is 6.92 Å². The molecule has 0 bridgehead atoms. The van der Waals surface area contributed by atoms with Crippen molar-refractivity contribution in [2.24, 2.45) is 7.05 Å². The van der Waals surface area contributed by atoms with Crippen LogP contribution in [0.25, 0.3) is 44.9 Å². The van der Waals surface area contributed by atoms with Crippen LogP contribution < -0.4 is 5.76 Å². The molecule has 6 aromatic rings. The van der Waals surface area contributed by atoms with Gasteiger partial charge in [-0.1, -0.05) is 55.5 Å². The lowest BCUT2D eigenvalue weighted by atomic mass is 9.98. The van der Waals surface area contributed by atoms with Crippen LogP contribution in [0.4, 0.5) is 0 Å². The molecule has 0 saturated carbocycles. The van der Waals surface area contributed by atoms with Gasteiger partial charge < -0.3 is 13.7 Å². The fourth-order valence-corrected chi connectivity index (χ4v) is 6.36. The van der Waals surface area contributed by atoms with E-state index in [0.29, 0.717) is 5.82 Å². The first kappa shape index (κ1) is 26.2. The van der Waals surface area contributed by atoms with E-state index in [-0.39, 0.29) is 0 Å². The number of nitrogens with one attached hydrogen (secondary N) is 1. The fraction of sp³-hybridized carbons (Fsp3) is 0.294. The lowest BCUT2D eigenvalue weighted by Crippen LogP contribution is -2.06. The topological polar surface area (TPSA) is 94.5 Å². The molecule has 1 aliphatic carbocycles. The third-order valence-electron chi connectivity index (χ3n) is 8.46. The summed E-state index contributed by atoms with van der Waals surface area (Å²) < 4.78 is 9.50. The maximum atomic E-state index is 11.5. The van der Waals surface area contributed by atoms with Gasteiger partial charge in [0.1, 0.15) is 11.6 Å². The number of H-pyrrole nitrogens is 1. The highest BCUT2D eigenvalue weighted by Crippen LogP contribution is 2.33. The third kappa shape index (κ3) is 4.57. The van der Waals surface area contributed by atoms with Crippen molar-refractivity contribution in [1.29, 1.82) is 0 Å². The largest absolute Gasteiger partial charge is 0.460 e. The van der Waals surface area contributed by atoms with E-state index in [2.05, 4.69) is 76.6 Å². The quantitative estimate of drug-likeness (QED) is 0.237. The van der Waals surface area contributed by atoms with Crippen molar-refractivity contribution in [3.05, 3.63) is 99.6 Å². The summed E-state index contributed by atoms with van der Waals surface area (Å²) in [6.45, 7) is 5.09. The molecule has 0 fully saturated rings. The number of hydrogen-bond acceptors (Lipinski definition) is 5. The summed E-state index contributed by atoms with van der Waals surface area (Å²) in [7, 11) is 2.16. The molecule has 3 aromatic carbocycles. The smallest absolute Gasteiger partial charge is 0.331 e. The van der Waals surface area contributed by atoms with Crippen molar-refractivity contribution >= 4 is 11.0 Å². The molecule has 8 nitrogen and oxygen atoms in total. The second kappa shape index (κ2) is 10.6. The number of aromatic nitrogens is 6. The Bertz CT molecular complexity index is 1970. The van der Waals surface area contributed by atoms with Gasteiger partial charge in [-0.15, -0.1) is 0 Å². The van der Waals surface area contributed by atoms with Gasteiger partial charge in [0.25, 0.3) is 0 Å². The predicted molar refractivity (Wildman–Crippen MR) is 164 cm³/mol. The molecule has 0 spiro atoms. The number of aryl methyl sites for hydroxylation is 3. The summed E-state index contributed by atoms with van der Waals surface area (Å²) in [6, 6.07) is 21.0. The number of hydrogen-bond donors (Lipinski definition) is 1. The van der Waals surface area contributed by atoms with Crippen LogP contribution in [0.15, 0.2) is 70.0 Å². The summed E-state index contributed by atoms with van der Waals surface area (Å²) in [6.07, 6.45) is 6.58. The Morgan fingerprint density at radius 3 is 2.45 bits per heavy atom. The van der Waals surface area contributed by atoms with Gasteiger partial charge in [-0.2, -0.15) is 10.1 Å². The molecule has 0 saturated heterocycles. The van der Waals surface area contributed by atoms with Crippen molar-refractivity contribution < 1.29 is 4.52 Å². The summed E-state index contributed by atoms with van der Waals surface area (Å²) >= 11 is 0. The minimum absolute atomic E-state index is 0.425. The molecule has 7 rings (SSSR count). The van der Waals surface area contributed by atoms with E-state index >= 15 is 0 Å². The zero-order valence-corrected chi connectivity index (χ0v) is 24.3. The molecule has 8 heteroatoms. The first-order valence-electron chi connectivity index (χ1n) is 14.8. The van der Waals surface area contributed by atoms with Gasteiger partial charge in [0.2, 0.25) is 0 Å². The van der Waals surface area contributed by atoms with E-state index in [1.165, 1.54) is 35.4 Å². The SMILES string of the molecule is CCCc1nc2c(C)cc(-c3nc4c(n3C)CCCC4)cc2n1Cc1ccc(-c2ccccc2-c2nc(=O)o[nH]2)cc1. The first-order chi connectivity index (χ1) is 20.5. The van der Waals surface area contributed by atoms with Gasteiger partial charge in [-0.25, -0.2) is 14.8 Å². The first-order valence-corrected chi connectivity index (χ1v) is 14.8. The molecule has 1 N–H and O–H groups in total. The average molecular weight is 559 g/mol. The summed E-state index contributed by atoms with van der Waals surface area (Å²) in [5.74, 6) is 1.95. The Labute approximate surface area is 244 Å². The highest BCUT2D eigenvalue weighted by molar-refractivity contribution is 5.85. The van der Waals surface area contributed by atoms with E-state index < -0.39 is 5.76 Å². The molecule has 0 unspecified atom stereocenters. The maximum Gasteiger partial charge on any atom is 0.460 e. The molecule has 212 valence electrons. The second-order valence-electron chi connectivity index (χ2n) is 11.3. The Kier molecular flexibility index (Phi) is 6.61. The van der Waals surface area contributed by atoms with Crippen LogP contribution in [0.1, 0.15) is 54.5 Å². The lowest BCUT2D eigenvalue weighted by Gasteiger charge is -2.13. The standard InChI is InChI=1S/C34H34N6O2/c1-4-9-30-36-31-21(2)18-24(33-35-27-12-7-8-13-28(27)39(33)3)19-29(31)40(30)20-22-14-16-23(17-15-22)25-10-5-6-11-26(25)32-37-34(41)42-38-32/h5-6,10-11,14-19H,4,7-9,12-13,20H2,1-3H3,(H,37,38,41). The maximum absolute atomic E-state index is 11.5. The Morgan fingerprint density at radius 1 is 0.929 bits per heavy atom. The highest BCUT2D eigenvalue weighted by Gasteiger charge is 2.21. The van der Waals surface area contributed by atoms with E-state index in [4.69, 9.17) is 14.5 Å². The third-order valence-corrected chi connectivity index (χ3v) is 8.46. The van der Waals surface area contributed by atoms with Gasteiger partial charge in [-0.05, 0) is 73.4 Å². The molecule has 3 aromatic heterocycles. The van der Waals surface area contributed by atoms with Crippen LogP contribution in [0.5, 0.6) is 0 Å². The number of benzene rings is 3. The zero-order valence-electron chi connectivity index (χ0n) is 24.3. The molecule has 0 amide bonds. The Balaban J connectivity index is 1.26. The van der Waals surface area contributed by atoms with Gasteiger partial charge in [-0.3, -0.25) is 0 Å². The van der Waals surface area contributed by atoms with Crippen molar-refractivity contribution in [1.82, 2.24) is 29.2 Å². The second-order valence-corrected chi connectivity index (χ2v) is 11.3. The molecule has 0 aliphatic heterocycles. The van der Waals surface area contributed by atoms with Crippen LogP contribution in [-0.2, 0) is 32.9 Å². The highest BCUT2D eigenvalue weighted by atomic mass is 16.5. The number of rotatable bonds is 7. The summed E-state index contributed by atoms with van der Waals surface area (Å²) in [4.78, 5) is 25.7. The summed E-state index contributed by atoms with van der Waals surface area (Å²) in [5.41, 5.74) is 11.2. The number of imidazole rings is 2. The van der Waals surface area contributed by atoms with E-state index in [0.717, 1.165) is 77.2 Å². The monoisotopic (exact) mass is 558 g/mol. The van der Waals surface area contributed by atoms with E-state index in [1.54, 1.807) is 0 Å². The normalized spacial score (nSPS) is 13.1. The molecule has 42 heavy (non-hydrogen) atoms. The van der Waals surface area contributed by atoms with Crippen LogP contribution >= 0.6 is 0 Å². The lowest BCUT2D eigenvalue weighted by molar-refractivity contribution is 0.388. The minimum Gasteiger partial charge on any atom is -0.331 e. The number of fused-ring (bicyclic) bond motifs is 2. The zero-order chi connectivity index (χ0) is 28.8. The van der Waals surface area contributed by atoms with E-state index in [9.17, 15) is 4.79 Å². The minimum atomic E-state index is -0.633. The van der Waals surface area contributed by atoms with Gasteiger partial charge >= 0.3 is 5.76 Å². The van der Waals surface area contributed by atoms with Crippen LogP contribution in [-0.4, -0.2) is 29.2 Å². The van der Waals surface area contributed by atoms with Gasteiger partial charge in [0, 0.05) is 36.8 Å². The molecular formula is C34H34N6O2. The molecule has 0 radical (unpaired) electrons. The molecule has 1 aliphatic rings. The Hall–Kier alpha value is -4.72. The average Bonchev–Trinajstić information content (AvgIpc) is 3.70. The molecular weight excluding hydrogens is 524 g/mol. The van der Waals surface area contributed by atoms with Gasteiger partial charge in [0.15, 0.2) is 5.82 Å². The summed E-state index contributed by atoms with van der Waals surface area (Å²) in [5, 5.41) is 2.63. The van der Waals surface area contributed by atoms with Crippen LogP contribution in [0.2, 0.25) is 0 Å². The van der Waals surface area contributed by atoms with E-state index in [1.807, 2.05) is 24.3 Å². The molecule has 3 heterocycles. The van der Waals surface area contributed by atoms with Gasteiger partial charge in [0.05, 0.1) is 16.7 Å². The predicted octanol–water partition coefficient (Wildman–Crippen LogP) is 6.64. The van der Waals surface area contributed by atoms with Crippen molar-refractivity contribution in [3.63, 3.8) is 0 Å². The van der Waals surface area contributed by atoms with Crippen molar-refractivity contribution in [2.75, 3.05) is 0 Å². The number of nitrogens with zero attached hydrogens (tertiary/aromatic N) is 5. The fourth-order valence-electron chi connectivity index (χ4n) is 6.36.